The zero-order valence-corrected chi connectivity index (χ0v) is 17.3. The minimum absolute atomic E-state index is 0.0482. The molecule has 0 aliphatic heterocycles. The molecular formula is C24H22F5N3. The van der Waals surface area contributed by atoms with E-state index in [0.29, 0.717) is 35.5 Å². The van der Waals surface area contributed by atoms with E-state index in [2.05, 4.69) is 15.3 Å². The minimum Gasteiger partial charge on any atom is -0.340 e. The highest BCUT2D eigenvalue weighted by atomic mass is 19.4. The molecule has 168 valence electrons. The first kappa shape index (κ1) is 21.1. The maximum atomic E-state index is 14.4. The van der Waals surface area contributed by atoms with Crippen LogP contribution in [0.2, 0.25) is 0 Å². The topological polar surface area (TPSA) is 37.8 Å². The molecule has 3 nitrogen and oxygen atoms in total. The number of anilines is 1. The Bertz CT molecular complexity index is 1080. The van der Waals surface area contributed by atoms with E-state index in [1.165, 1.54) is 6.20 Å². The number of halogens is 5. The summed E-state index contributed by atoms with van der Waals surface area (Å²) < 4.78 is 69.8. The highest BCUT2D eigenvalue weighted by Crippen LogP contribution is 2.55. The Kier molecular flexibility index (Phi) is 5.26. The Morgan fingerprint density at radius 1 is 0.969 bits per heavy atom. The van der Waals surface area contributed by atoms with Crippen molar-refractivity contribution >= 4 is 17.1 Å². The molecule has 3 aliphatic carbocycles. The molecule has 32 heavy (non-hydrogen) atoms. The van der Waals surface area contributed by atoms with Crippen molar-refractivity contribution in [2.24, 2.45) is 11.8 Å². The summed E-state index contributed by atoms with van der Waals surface area (Å²) in [7, 11) is 0. The first-order chi connectivity index (χ1) is 15.3. The average Bonchev–Trinajstić information content (AvgIpc) is 3.28. The van der Waals surface area contributed by atoms with Crippen LogP contribution in [0, 0.1) is 23.5 Å². The SMILES string of the molecule is Fc1cncc(F)c1C(Nc1ccc(C2=C(C(F)(F)F)CC3CCCC23)cn1)=C1CCC1. The molecular weight excluding hydrogens is 425 g/mol. The second-order valence-electron chi connectivity index (χ2n) is 8.76. The van der Waals surface area contributed by atoms with Crippen molar-refractivity contribution in [1.82, 2.24) is 9.97 Å². The van der Waals surface area contributed by atoms with Crippen molar-refractivity contribution in [2.45, 2.75) is 51.1 Å². The third-order valence-electron chi connectivity index (χ3n) is 6.91. The van der Waals surface area contributed by atoms with Crippen LogP contribution in [0.25, 0.3) is 11.3 Å². The molecule has 0 bridgehead atoms. The van der Waals surface area contributed by atoms with E-state index >= 15 is 0 Å². The molecule has 2 fully saturated rings. The van der Waals surface area contributed by atoms with Gasteiger partial charge in [-0.2, -0.15) is 13.2 Å². The molecule has 0 radical (unpaired) electrons. The van der Waals surface area contributed by atoms with E-state index in [1.807, 2.05) is 0 Å². The predicted octanol–water partition coefficient (Wildman–Crippen LogP) is 6.90. The fraction of sp³-hybridized carbons (Fsp3) is 0.417. The van der Waals surface area contributed by atoms with Gasteiger partial charge in [-0.25, -0.2) is 13.8 Å². The van der Waals surface area contributed by atoms with Gasteiger partial charge in [-0.3, -0.25) is 4.98 Å². The summed E-state index contributed by atoms with van der Waals surface area (Å²) in [5.41, 5.74) is 1.41. The fourth-order valence-corrected chi connectivity index (χ4v) is 5.25. The number of hydrogen-bond donors (Lipinski definition) is 1. The summed E-state index contributed by atoms with van der Waals surface area (Å²) in [5, 5.41) is 3.01. The van der Waals surface area contributed by atoms with Crippen molar-refractivity contribution in [3.8, 4) is 0 Å². The molecule has 0 saturated heterocycles. The standard InChI is InChI=1S/C24H22F5N3/c25-18-11-30-12-19(26)22(18)23(13-3-1-4-13)32-20-8-7-15(10-31-20)21-16-6-2-5-14(16)9-17(21)24(27,28)29/h7-8,10-12,14,16H,1-6,9H2,(H,31,32). The second-order valence-corrected chi connectivity index (χ2v) is 8.76. The Morgan fingerprint density at radius 2 is 1.72 bits per heavy atom. The number of alkyl halides is 3. The third kappa shape index (κ3) is 3.69. The lowest BCUT2D eigenvalue weighted by Crippen LogP contribution is -2.13. The van der Waals surface area contributed by atoms with E-state index in [1.54, 1.807) is 12.1 Å². The quantitative estimate of drug-likeness (QED) is 0.518. The lowest BCUT2D eigenvalue weighted by Gasteiger charge is -2.24. The van der Waals surface area contributed by atoms with Crippen LogP contribution in [-0.2, 0) is 0 Å². The van der Waals surface area contributed by atoms with Crippen LogP contribution < -0.4 is 5.32 Å². The molecule has 0 spiro atoms. The van der Waals surface area contributed by atoms with Crippen LogP contribution in [0.4, 0.5) is 27.8 Å². The molecule has 2 saturated carbocycles. The number of aromatic nitrogens is 2. The minimum atomic E-state index is -4.35. The number of pyridine rings is 2. The van der Waals surface area contributed by atoms with Crippen LogP contribution in [-0.4, -0.2) is 16.1 Å². The van der Waals surface area contributed by atoms with Gasteiger partial charge in [-0.05, 0) is 79.2 Å². The van der Waals surface area contributed by atoms with Gasteiger partial charge in [-0.1, -0.05) is 6.42 Å². The van der Waals surface area contributed by atoms with Gasteiger partial charge in [0, 0.05) is 11.8 Å². The number of rotatable bonds is 4. The number of hydrogen-bond acceptors (Lipinski definition) is 3. The van der Waals surface area contributed by atoms with Crippen molar-refractivity contribution in [2.75, 3.05) is 5.32 Å². The van der Waals surface area contributed by atoms with Gasteiger partial charge in [0.25, 0.3) is 0 Å². The molecule has 2 aromatic rings. The monoisotopic (exact) mass is 447 g/mol. The van der Waals surface area contributed by atoms with Gasteiger partial charge in [0.2, 0.25) is 0 Å². The van der Waals surface area contributed by atoms with E-state index in [9.17, 15) is 22.0 Å². The Balaban J connectivity index is 1.47. The molecule has 2 unspecified atom stereocenters. The molecule has 8 heteroatoms. The van der Waals surface area contributed by atoms with Gasteiger partial charge < -0.3 is 5.32 Å². The lowest BCUT2D eigenvalue weighted by atomic mass is 9.88. The largest absolute Gasteiger partial charge is 0.412 e. The van der Waals surface area contributed by atoms with Crippen molar-refractivity contribution in [3.05, 3.63) is 64.6 Å². The Labute approximate surface area is 182 Å². The lowest BCUT2D eigenvalue weighted by molar-refractivity contribution is -0.0933. The number of fused-ring (bicyclic) bond motifs is 1. The van der Waals surface area contributed by atoms with E-state index in [4.69, 9.17) is 0 Å². The molecule has 1 N–H and O–H groups in total. The molecule has 0 amide bonds. The summed E-state index contributed by atoms with van der Waals surface area (Å²) in [6, 6.07) is 3.20. The zero-order valence-electron chi connectivity index (χ0n) is 17.3. The van der Waals surface area contributed by atoms with Gasteiger partial charge in [0.05, 0.1) is 23.7 Å². The Morgan fingerprint density at radius 3 is 2.31 bits per heavy atom. The fourth-order valence-electron chi connectivity index (χ4n) is 5.25. The summed E-state index contributed by atoms with van der Waals surface area (Å²) in [6.07, 6.45) is 3.95. The zero-order chi connectivity index (χ0) is 22.5. The average molecular weight is 447 g/mol. The predicted molar refractivity (Wildman–Crippen MR) is 111 cm³/mol. The molecule has 3 aliphatic rings. The summed E-state index contributed by atoms with van der Waals surface area (Å²) >= 11 is 0. The molecule has 0 aromatic carbocycles. The van der Waals surface area contributed by atoms with Gasteiger partial charge in [-0.15, -0.1) is 0 Å². The third-order valence-corrected chi connectivity index (χ3v) is 6.91. The second kappa shape index (κ2) is 7.98. The van der Waals surface area contributed by atoms with Gasteiger partial charge >= 0.3 is 6.18 Å². The van der Waals surface area contributed by atoms with E-state index in [0.717, 1.165) is 43.7 Å². The first-order valence-electron chi connectivity index (χ1n) is 10.9. The highest BCUT2D eigenvalue weighted by molar-refractivity contribution is 5.80. The Hall–Kier alpha value is -2.77. The van der Waals surface area contributed by atoms with Crippen LogP contribution >= 0.6 is 0 Å². The molecule has 2 aromatic heterocycles. The number of allylic oxidation sites excluding steroid dienone is 3. The van der Waals surface area contributed by atoms with E-state index in [-0.39, 0.29) is 23.8 Å². The van der Waals surface area contributed by atoms with Crippen molar-refractivity contribution < 1.29 is 22.0 Å². The van der Waals surface area contributed by atoms with Crippen LogP contribution in [0.3, 0.4) is 0 Å². The van der Waals surface area contributed by atoms with Crippen LogP contribution in [0.1, 0.15) is 56.1 Å². The molecule has 5 rings (SSSR count). The van der Waals surface area contributed by atoms with Crippen molar-refractivity contribution in [3.63, 3.8) is 0 Å². The van der Waals surface area contributed by atoms with Crippen molar-refractivity contribution in [1.29, 1.82) is 0 Å². The molecule has 2 heterocycles. The number of nitrogens with zero attached hydrogens (tertiary/aromatic N) is 2. The van der Waals surface area contributed by atoms with Crippen LogP contribution in [0.5, 0.6) is 0 Å². The maximum Gasteiger partial charge on any atom is 0.412 e. The normalized spacial score (nSPS) is 22.7. The van der Waals surface area contributed by atoms with Gasteiger partial charge in [0.1, 0.15) is 5.82 Å². The summed E-state index contributed by atoms with van der Waals surface area (Å²) in [5.74, 6) is -1.26. The maximum absolute atomic E-state index is 14.4. The van der Waals surface area contributed by atoms with E-state index < -0.39 is 23.4 Å². The van der Waals surface area contributed by atoms with Crippen LogP contribution in [0.15, 0.2) is 41.9 Å². The highest BCUT2D eigenvalue weighted by Gasteiger charge is 2.47. The summed E-state index contributed by atoms with van der Waals surface area (Å²) in [6.45, 7) is 0. The number of nitrogens with one attached hydrogen (secondary N) is 1. The van der Waals surface area contributed by atoms with Gasteiger partial charge in [0.15, 0.2) is 11.6 Å². The molecule has 2 atom stereocenters. The smallest absolute Gasteiger partial charge is 0.340 e. The summed E-state index contributed by atoms with van der Waals surface area (Å²) in [4.78, 5) is 7.85. The first-order valence-corrected chi connectivity index (χ1v) is 10.9.